The predicted octanol–water partition coefficient (Wildman–Crippen LogP) is 3.84. The molecule has 0 unspecified atom stereocenters. The quantitative estimate of drug-likeness (QED) is 0.744. The Morgan fingerprint density at radius 1 is 1.12 bits per heavy atom. The van der Waals surface area contributed by atoms with Crippen LogP contribution in [0.5, 0.6) is 0 Å². The first kappa shape index (κ1) is 14.9. The number of carbonyl (C=O) groups is 1. The smallest absolute Gasteiger partial charge is 0.150 e. The number of fused-ring (bicyclic) bond motifs is 1. The molecule has 0 saturated heterocycles. The van der Waals surface area contributed by atoms with Crippen molar-refractivity contribution in [2.45, 2.75) is 38.0 Å². The summed E-state index contributed by atoms with van der Waals surface area (Å²) in [7, 11) is 0. The Hall–Kier alpha value is -2.69. The molecule has 1 aliphatic carbocycles. The van der Waals surface area contributed by atoms with Gasteiger partial charge in [0.2, 0.25) is 0 Å². The normalized spacial score (nSPS) is 15.7. The third-order valence-corrected chi connectivity index (χ3v) is 4.90. The number of anilines is 1. The molecule has 1 fully saturated rings. The first-order chi connectivity index (χ1) is 11.8. The summed E-state index contributed by atoms with van der Waals surface area (Å²) in [6.07, 6.45) is 10.7. The van der Waals surface area contributed by atoms with Crippen LogP contribution < -0.4 is 5.73 Å². The van der Waals surface area contributed by atoms with Crippen LogP contribution in [0.2, 0.25) is 0 Å². The Balaban J connectivity index is 1.89. The Bertz CT molecular complexity index is 876. The average molecular weight is 320 g/mol. The third kappa shape index (κ3) is 2.46. The van der Waals surface area contributed by atoms with Crippen LogP contribution >= 0.6 is 0 Å². The van der Waals surface area contributed by atoms with E-state index in [1.807, 2.05) is 18.3 Å². The summed E-state index contributed by atoms with van der Waals surface area (Å²) >= 11 is 0. The molecule has 2 N–H and O–H groups in total. The predicted molar refractivity (Wildman–Crippen MR) is 94.0 cm³/mol. The van der Waals surface area contributed by atoms with Gasteiger partial charge in [-0.3, -0.25) is 9.20 Å². The molecule has 24 heavy (non-hydrogen) atoms. The third-order valence-electron chi connectivity index (χ3n) is 4.90. The second kappa shape index (κ2) is 6.07. The fraction of sp³-hybridized carbons (Fsp3) is 0.316. The number of aromatic nitrogens is 3. The minimum Gasteiger partial charge on any atom is -0.382 e. The van der Waals surface area contributed by atoms with Crippen LogP contribution in [0, 0.1) is 0 Å². The number of hydrogen-bond acceptors (Lipinski definition) is 4. The van der Waals surface area contributed by atoms with Crippen molar-refractivity contribution in [2.75, 3.05) is 5.73 Å². The summed E-state index contributed by atoms with van der Waals surface area (Å²) in [6.45, 7) is 0. The van der Waals surface area contributed by atoms with Crippen LogP contribution in [0.3, 0.4) is 0 Å². The molecule has 1 aliphatic rings. The van der Waals surface area contributed by atoms with Gasteiger partial charge in [-0.05, 0) is 12.8 Å². The number of aldehydes is 1. The van der Waals surface area contributed by atoms with Crippen molar-refractivity contribution in [1.82, 2.24) is 14.4 Å². The van der Waals surface area contributed by atoms with Crippen LogP contribution in [0.1, 0.15) is 54.2 Å². The molecule has 3 aromatic rings. The van der Waals surface area contributed by atoms with Gasteiger partial charge in [0.25, 0.3) is 0 Å². The molecule has 1 saturated carbocycles. The summed E-state index contributed by atoms with van der Waals surface area (Å²) in [5.74, 6) is 2.03. The van der Waals surface area contributed by atoms with E-state index in [1.54, 1.807) is 18.3 Å². The van der Waals surface area contributed by atoms with Crippen molar-refractivity contribution >= 4 is 17.6 Å². The average Bonchev–Trinajstić information content (AvgIpc) is 3.04. The van der Waals surface area contributed by atoms with Crippen LogP contribution in [-0.2, 0) is 0 Å². The van der Waals surface area contributed by atoms with Crippen molar-refractivity contribution < 1.29 is 4.79 Å². The van der Waals surface area contributed by atoms with E-state index < -0.39 is 0 Å². The molecule has 4 rings (SSSR count). The number of hydrogen-bond donors (Lipinski definition) is 1. The standard InChI is InChI=1S/C19H20N4O/c20-18-17-16(14-8-6-13(12-24)7-9-14)22-19(23(17)11-10-21-18)15-4-2-1-3-5-15/h6-12,15H,1-5H2,(H2,20,21). The van der Waals surface area contributed by atoms with Gasteiger partial charge in [0.15, 0.2) is 0 Å². The lowest BCUT2D eigenvalue weighted by molar-refractivity contribution is 0.112. The lowest BCUT2D eigenvalue weighted by Gasteiger charge is -2.20. The number of rotatable bonds is 3. The van der Waals surface area contributed by atoms with Crippen LogP contribution in [0.25, 0.3) is 16.8 Å². The maximum absolute atomic E-state index is 10.9. The zero-order valence-corrected chi connectivity index (χ0v) is 13.5. The zero-order chi connectivity index (χ0) is 16.5. The number of carbonyl (C=O) groups excluding carboxylic acids is 1. The summed E-state index contributed by atoms with van der Waals surface area (Å²) in [6, 6.07) is 7.45. The van der Waals surface area contributed by atoms with Gasteiger partial charge < -0.3 is 5.73 Å². The van der Waals surface area contributed by atoms with Crippen molar-refractivity contribution in [1.29, 1.82) is 0 Å². The number of nitrogens with zero attached hydrogens (tertiary/aromatic N) is 3. The lowest BCUT2D eigenvalue weighted by Crippen LogP contribution is -2.09. The van der Waals surface area contributed by atoms with Crippen LogP contribution in [0.15, 0.2) is 36.7 Å². The van der Waals surface area contributed by atoms with Crippen molar-refractivity contribution in [3.63, 3.8) is 0 Å². The number of nitrogen functional groups attached to an aromatic ring is 1. The Labute approximate surface area is 140 Å². The minimum atomic E-state index is 0.469. The molecule has 5 nitrogen and oxygen atoms in total. The van der Waals surface area contributed by atoms with Crippen molar-refractivity contribution in [3.05, 3.63) is 48.0 Å². The summed E-state index contributed by atoms with van der Waals surface area (Å²) in [5, 5.41) is 0. The summed E-state index contributed by atoms with van der Waals surface area (Å²) in [5.41, 5.74) is 9.48. The SMILES string of the molecule is Nc1nccn2c(C3CCCCC3)nc(-c3ccc(C=O)cc3)c12. The Kier molecular flexibility index (Phi) is 3.76. The second-order valence-corrected chi connectivity index (χ2v) is 6.42. The van der Waals surface area contributed by atoms with Gasteiger partial charge in [-0.25, -0.2) is 9.97 Å². The highest BCUT2D eigenvalue weighted by Gasteiger charge is 2.23. The van der Waals surface area contributed by atoms with E-state index in [-0.39, 0.29) is 0 Å². The molecular weight excluding hydrogens is 300 g/mol. The van der Waals surface area contributed by atoms with E-state index in [2.05, 4.69) is 9.38 Å². The summed E-state index contributed by atoms with van der Waals surface area (Å²) in [4.78, 5) is 20.1. The number of benzene rings is 1. The molecule has 0 bridgehead atoms. The zero-order valence-electron chi connectivity index (χ0n) is 13.5. The molecular formula is C19H20N4O. The van der Waals surface area contributed by atoms with Crippen LogP contribution in [0.4, 0.5) is 5.82 Å². The van der Waals surface area contributed by atoms with Gasteiger partial charge in [-0.2, -0.15) is 0 Å². The lowest BCUT2D eigenvalue weighted by atomic mass is 9.89. The highest BCUT2D eigenvalue weighted by atomic mass is 16.1. The molecule has 2 heterocycles. The Morgan fingerprint density at radius 2 is 1.88 bits per heavy atom. The largest absolute Gasteiger partial charge is 0.382 e. The number of imidazole rings is 1. The van der Waals surface area contributed by atoms with E-state index in [0.29, 0.717) is 17.3 Å². The molecule has 0 radical (unpaired) electrons. The summed E-state index contributed by atoms with van der Waals surface area (Å²) < 4.78 is 2.10. The van der Waals surface area contributed by atoms with E-state index in [1.165, 1.54) is 32.1 Å². The fourth-order valence-electron chi connectivity index (χ4n) is 3.66. The molecule has 122 valence electrons. The molecule has 5 heteroatoms. The van der Waals surface area contributed by atoms with Gasteiger partial charge in [0, 0.05) is 29.4 Å². The van der Waals surface area contributed by atoms with E-state index in [0.717, 1.165) is 28.9 Å². The monoisotopic (exact) mass is 320 g/mol. The maximum Gasteiger partial charge on any atom is 0.150 e. The molecule has 0 aliphatic heterocycles. The fourth-order valence-corrected chi connectivity index (χ4v) is 3.66. The molecule has 0 spiro atoms. The van der Waals surface area contributed by atoms with Gasteiger partial charge in [-0.1, -0.05) is 43.5 Å². The number of nitrogens with two attached hydrogens (primary N) is 1. The highest BCUT2D eigenvalue weighted by Crippen LogP contribution is 2.36. The highest BCUT2D eigenvalue weighted by molar-refractivity contribution is 5.86. The Morgan fingerprint density at radius 3 is 2.58 bits per heavy atom. The topological polar surface area (TPSA) is 73.3 Å². The van der Waals surface area contributed by atoms with Gasteiger partial charge in [0.1, 0.15) is 29.1 Å². The first-order valence-electron chi connectivity index (χ1n) is 8.46. The maximum atomic E-state index is 10.9. The van der Waals surface area contributed by atoms with Crippen molar-refractivity contribution in [2.24, 2.45) is 0 Å². The van der Waals surface area contributed by atoms with Crippen molar-refractivity contribution in [3.8, 4) is 11.3 Å². The van der Waals surface area contributed by atoms with E-state index in [4.69, 9.17) is 10.7 Å². The molecule has 1 aromatic carbocycles. The first-order valence-corrected chi connectivity index (χ1v) is 8.46. The van der Waals surface area contributed by atoms with Crippen LogP contribution in [-0.4, -0.2) is 20.7 Å². The van der Waals surface area contributed by atoms with Gasteiger partial charge in [-0.15, -0.1) is 0 Å². The molecule has 0 amide bonds. The van der Waals surface area contributed by atoms with Gasteiger partial charge >= 0.3 is 0 Å². The second-order valence-electron chi connectivity index (χ2n) is 6.42. The van der Waals surface area contributed by atoms with Gasteiger partial charge in [0.05, 0.1) is 0 Å². The van der Waals surface area contributed by atoms with E-state index >= 15 is 0 Å². The minimum absolute atomic E-state index is 0.469. The molecule has 0 atom stereocenters. The molecule has 2 aromatic heterocycles. The van der Waals surface area contributed by atoms with E-state index in [9.17, 15) is 4.79 Å².